The SMILES string of the molecule is Nc1cccn1CCC(NS(=O)(=O)c1cccc2[nH]ccc12)C(=O)N1CC=CCC1. The van der Waals surface area contributed by atoms with Crippen LogP contribution >= 0.6 is 0 Å². The van der Waals surface area contributed by atoms with Crippen molar-refractivity contribution < 1.29 is 13.2 Å². The molecule has 4 rings (SSSR count). The monoisotopic (exact) mass is 427 g/mol. The number of anilines is 1. The number of aryl methyl sites for hydroxylation is 1. The van der Waals surface area contributed by atoms with Crippen molar-refractivity contribution in [2.24, 2.45) is 0 Å². The number of nitrogens with one attached hydrogen (secondary N) is 2. The number of sulfonamides is 1. The van der Waals surface area contributed by atoms with Crippen LogP contribution in [0.3, 0.4) is 0 Å². The van der Waals surface area contributed by atoms with Crippen LogP contribution in [0.25, 0.3) is 10.9 Å². The fourth-order valence-corrected chi connectivity index (χ4v) is 5.18. The highest BCUT2D eigenvalue weighted by Gasteiger charge is 2.30. The lowest BCUT2D eigenvalue weighted by Gasteiger charge is -2.28. The van der Waals surface area contributed by atoms with Gasteiger partial charge in [-0.1, -0.05) is 18.2 Å². The van der Waals surface area contributed by atoms with Crippen LogP contribution < -0.4 is 10.5 Å². The van der Waals surface area contributed by atoms with Crippen LogP contribution in [0.1, 0.15) is 12.8 Å². The van der Waals surface area contributed by atoms with Crippen molar-refractivity contribution in [2.45, 2.75) is 30.3 Å². The molecule has 0 aliphatic carbocycles. The Kier molecular flexibility index (Phi) is 5.65. The van der Waals surface area contributed by atoms with Gasteiger partial charge < -0.3 is 20.2 Å². The van der Waals surface area contributed by atoms with Crippen molar-refractivity contribution in [1.29, 1.82) is 0 Å². The number of aromatic nitrogens is 2. The van der Waals surface area contributed by atoms with E-state index in [9.17, 15) is 13.2 Å². The van der Waals surface area contributed by atoms with E-state index in [0.29, 0.717) is 37.3 Å². The lowest BCUT2D eigenvalue weighted by molar-refractivity contribution is -0.132. The Morgan fingerprint density at radius 3 is 2.80 bits per heavy atom. The Hall–Kier alpha value is -3.04. The predicted octanol–water partition coefficient (Wildman–Crippen LogP) is 2.08. The van der Waals surface area contributed by atoms with E-state index in [1.54, 1.807) is 39.9 Å². The second-order valence-corrected chi connectivity index (χ2v) is 9.01. The number of carbonyl (C=O) groups excluding carboxylic acids is 1. The van der Waals surface area contributed by atoms with Crippen molar-refractivity contribution in [3.63, 3.8) is 0 Å². The molecular weight excluding hydrogens is 402 g/mol. The van der Waals surface area contributed by atoms with E-state index in [0.717, 1.165) is 11.9 Å². The maximum atomic E-state index is 13.2. The van der Waals surface area contributed by atoms with Crippen LogP contribution in [0.5, 0.6) is 0 Å². The first kappa shape index (κ1) is 20.2. The van der Waals surface area contributed by atoms with Gasteiger partial charge in [-0.25, -0.2) is 8.42 Å². The molecule has 158 valence electrons. The Morgan fingerprint density at radius 1 is 1.20 bits per heavy atom. The molecule has 0 bridgehead atoms. The van der Waals surface area contributed by atoms with Gasteiger partial charge in [0.15, 0.2) is 0 Å². The van der Waals surface area contributed by atoms with Crippen LogP contribution in [0, 0.1) is 0 Å². The molecule has 0 fully saturated rings. The molecule has 0 saturated carbocycles. The third kappa shape index (κ3) is 4.12. The number of hydrogen-bond acceptors (Lipinski definition) is 4. The van der Waals surface area contributed by atoms with E-state index in [4.69, 9.17) is 5.73 Å². The van der Waals surface area contributed by atoms with Crippen molar-refractivity contribution in [3.05, 3.63) is 60.9 Å². The standard InChI is InChI=1S/C21H25N5O3S/c22-20-8-5-14-25(20)15-10-18(21(27)26-12-2-1-3-13-26)24-30(28,29)19-7-4-6-17-16(19)9-11-23-17/h1-2,4-9,11,14,18,23-24H,3,10,12-13,15,22H2. The molecule has 1 amide bonds. The number of nitrogens with zero attached hydrogens (tertiary/aromatic N) is 2. The van der Waals surface area contributed by atoms with Crippen LogP contribution in [0.4, 0.5) is 5.82 Å². The van der Waals surface area contributed by atoms with Gasteiger partial charge in [0.05, 0.1) is 4.90 Å². The van der Waals surface area contributed by atoms with E-state index >= 15 is 0 Å². The lowest BCUT2D eigenvalue weighted by Crippen LogP contribution is -2.49. The van der Waals surface area contributed by atoms with Crippen LogP contribution in [-0.2, 0) is 21.4 Å². The first-order valence-corrected chi connectivity index (χ1v) is 11.4. The zero-order valence-corrected chi connectivity index (χ0v) is 17.3. The number of carbonyl (C=O) groups is 1. The van der Waals surface area contributed by atoms with Crippen molar-refractivity contribution in [3.8, 4) is 0 Å². The summed E-state index contributed by atoms with van der Waals surface area (Å²) in [6, 6.07) is 9.45. The molecule has 9 heteroatoms. The number of benzene rings is 1. The topological polar surface area (TPSA) is 113 Å². The summed E-state index contributed by atoms with van der Waals surface area (Å²) >= 11 is 0. The average Bonchev–Trinajstić information content (AvgIpc) is 3.39. The predicted molar refractivity (Wildman–Crippen MR) is 116 cm³/mol. The van der Waals surface area contributed by atoms with Gasteiger partial charge in [-0.3, -0.25) is 4.79 Å². The summed E-state index contributed by atoms with van der Waals surface area (Å²) in [5.74, 6) is 0.344. The Balaban J connectivity index is 1.61. The van der Waals surface area contributed by atoms with Gasteiger partial charge >= 0.3 is 0 Å². The first-order chi connectivity index (χ1) is 14.5. The summed E-state index contributed by atoms with van der Waals surface area (Å²) in [6.45, 7) is 1.48. The smallest absolute Gasteiger partial charge is 0.241 e. The normalized spacial score (nSPS) is 15.5. The van der Waals surface area contributed by atoms with Gasteiger partial charge in [-0.15, -0.1) is 0 Å². The summed E-state index contributed by atoms with van der Waals surface area (Å²) in [6.07, 6.45) is 8.52. The van der Waals surface area contributed by atoms with Crippen LogP contribution in [0.2, 0.25) is 0 Å². The van der Waals surface area contributed by atoms with E-state index in [2.05, 4.69) is 9.71 Å². The van der Waals surface area contributed by atoms with E-state index < -0.39 is 16.1 Å². The van der Waals surface area contributed by atoms with E-state index in [1.807, 2.05) is 30.5 Å². The number of nitrogen functional groups attached to an aromatic ring is 1. The van der Waals surface area contributed by atoms with Crippen molar-refractivity contribution in [2.75, 3.05) is 18.8 Å². The van der Waals surface area contributed by atoms with E-state index in [1.165, 1.54) is 0 Å². The number of aromatic amines is 1. The molecule has 0 radical (unpaired) electrons. The fourth-order valence-electron chi connectivity index (χ4n) is 3.74. The summed E-state index contributed by atoms with van der Waals surface area (Å²) < 4.78 is 30.9. The highest BCUT2D eigenvalue weighted by molar-refractivity contribution is 7.89. The number of H-pyrrole nitrogens is 1. The third-order valence-electron chi connectivity index (χ3n) is 5.33. The Bertz CT molecular complexity index is 1180. The molecule has 1 atom stereocenters. The minimum Gasteiger partial charge on any atom is -0.385 e. The zero-order chi connectivity index (χ0) is 21.1. The second-order valence-electron chi connectivity index (χ2n) is 7.33. The highest BCUT2D eigenvalue weighted by atomic mass is 32.2. The van der Waals surface area contributed by atoms with Gasteiger partial charge in [-0.2, -0.15) is 4.72 Å². The second kappa shape index (κ2) is 8.37. The maximum absolute atomic E-state index is 13.2. The highest BCUT2D eigenvalue weighted by Crippen LogP contribution is 2.23. The van der Waals surface area contributed by atoms with Gasteiger partial charge in [0.25, 0.3) is 0 Å². The lowest BCUT2D eigenvalue weighted by atomic mass is 10.1. The summed E-state index contributed by atoms with van der Waals surface area (Å²) in [7, 11) is -3.92. The molecule has 1 aliphatic heterocycles. The number of rotatable bonds is 7. The molecule has 4 N–H and O–H groups in total. The summed E-state index contributed by atoms with van der Waals surface area (Å²) in [5, 5.41) is 0.590. The molecule has 1 unspecified atom stereocenters. The van der Waals surface area contributed by atoms with Gasteiger partial charge in [0.2, 0.25) is 15.9 Å². The average molecular weight is 428 g/mol. The molecule has 1 aromatic carbocycles. The number of fused-ring (bicyclic) bond motifs is 1. The van der Waals surface area contributed by atoms with Gasteiger partial charge in [-0.05, 0) is 43.2 Å². The number of hydrogen-bond donors (Lipinski definition) is 3. The minimum atomic E-state index is -3.92. The van der Waals surface area contributed by atoms with Crippen LogP contribution in [0.15, 0.2) is 65.8 Å². The largest absolute Gasteiger partial charge is 0.385 e. The molecular formula is C21H25N5O3S. The van der Waals surface area contributed by atoms with E-state index in [-0.39, 0.29) is 10.8 Å². The van der Waals surface area contributed by atoms with Gasteiger partial charge in [0.1, 0.15) is 11.9 Å². The van der Waals surface area contributed by atoms with Crippen molar-refractivity contribution in [1.82, 2.24) is 19.2 Å². The zero-order valence-electron chi connectivity index (χ0n) is 16.5. The molecule has 2 aromatic heterocycles. The van der Waals surface area contributed by atoms with Gasteiger partial charge in [0, 0.05) is 42.9 Å². The molecule has 3 aromatic rings. The maximum Gasteiger partial charge on any atom is 0.241 e. The summed E-state index contributed by atoms with van der Waals surface area (Å²) in [4.78, 5) is 18.0. The Labute approximate surface area is 175 Å². The first-order valence-electron chi connectivity index (χ1n) is 9.88. The molecule has 0 spiro atoms. The Morgan fingerprint density at radius 2 is 2.07 bits per heavy atom. The quantitative estimate of drug-likeness (QED) is 0.501. The number of amides is 1. The minimum absolute atomic E-state index is 0.151. The molecule has 0 saturated heterocycles. The molecule has 8 nitrogen and oxygen atoms in total. The molecule has 3 heterocycles. The number of nitrogens with two attached hydrogens (primary N) is 1. The van der Waals surface area contributed by atoms with Crippen LogP contribution in [-0.4, -0.2) is 47.9 Å². The third-order valence-corrected chi connectivity index (χ3v) is 6.86. The van der Waals surface area contributed by atoms with Crippen molar-refractivity contribution >= 4 is 32.7 Å². The molecule has 30 heavy (non-hydrogen) atoms. The fraction of sp³-hybridized carbons (Fsp3) is 0.286. The molecule has 1 aliphatic rings. The summed E-state index contributed by atoms with van der Waals surface area (Å²) in [5.41, 5.74) is 6.65.